The number of fused-ring (bicyclic) bond motifs is 3. The highest BCUT2D eigenvalue weighted by atomic mass is 19.1. The summed E-state index contributed by atoms with van der Waals surface area (Å²) in [7, 11) is 0. The number of benzene rings is 2. The van der Waals surface area contributed by atoms with E-state index in [9.17, 15) is 13.6 Å². The third kappa shape index (κ3) is 4.20. The fourth-order valence-corrected chi connectivity index (χ4v) is 3.56. The molecule has 0 atom stereocenters. The summed E-state index contributed by atoms with van der Waals surface area (Å²) in [4.78, 5) is 24.8. The first-order valence-electron chi connectivity index (χ1n) is 10.4. The van der Waals surface area contributed by atoms with E-state index in [1.165, 1.54) is 12.1 Å². The van der Waals surface area contributed by atoms with Crippen molar-refractivity contribution in [1.29, 1.82) is 0 Å². The minimum absolute atomic E-state index is 0.0856. The van der Waals surface area contributed by atoms with E-state index >= 15 is 0 Å². The lowest BCUT2D eigenvalue weighted by atomic mass is 10.2. The van der Waals surface area contributed by atoms with Gasteiger partial charge >= 0.3 is 0 Å². The molecule has 0 fully saturated rings. The van der Waals surface area contributed by atoms with Crippen LogP contribution in [0, 0.1) is 11.6 Å². The Morgan fingerprint density at radius 1 is 1.18 bits per heavy atom. The number of aromatic nitrogens is 3. The van der Waals surface area contributed by atoms with E-state index in [2.05, 4.69) is 32.2 Å². The van der Waals surface area contributed by atoms with Crippen LogP contribution < -0.4 is 21.0 Å². The number of hydrogen-bond donors (Lipinski definition) is 2. The molecule has 0 spiro atoms. The molecular weight excluding hydrogens is 442 g/mol. The lowest BCUT2D eigenvalue weighted by Crippen LogP contribution is -2.17. The first-order valence-corrected chi connectivity index (χ1v) is 10.4. The lowest BCUT2D eigenvalue weighted by Gasteiger charge is -2.17. The Labute approximate surface area is 192 Å². The van der Waals surface area contributed by atoms with Crippen molar-refractivity contribution in [1.82, 2.24) is 14.5 Å². The van der Waals surface area contributed by atoms with E-state index in [0.717, 1.165) is 12.1 Å². The van der Waals surface area contributed by atoms with Crippen molar-refractivity contribution >= 4 is 23.1 Å². The highest BCUT2D eigenvalue weighted by molar-refractivity contribution is 5.98. The van der Waals surface area contributed by atoms with E-state index in [-0.39, 0.29) is 17.3 Å². The predicted molar refractivity (Wildman–Crippen MR) is 122 cm³/mol. The minimum Gasteiger partial charge on any atom is -0.450 e. The summed E-state index contributed by atoms with van der Waals surface area (Å²) in [5.41, 5.74) is 2.16. The number of hydrogen-bond acceptors (Lipinski definition) is 6. The Morgan fingerprint density at radius 2 is 2.00 bits per heavy atom. The van der Waals surface area contributed by atoms with Crippen LogP contribution in [0.1, 0.15) is 0 Å². The van der Waals surface area contributed by atoms with Crippen LogP contribution in [0.3, 0.4) is 0 Å². The van der Waals surface area contributed by atoms with Gasteiger partial charge in [0, 0.05) is 36.6 Å². The number of carbonyl (C=O) groups is 1. The van der Waals surface area contributed by atoms with Gasteiger partial charge in [0.05, 0.1) is 5.69 Å². The number of nitrogens with zero attached hydrogens (tertiary/aromatic N) is 4. The van der Waals surface area contributed by atoms with Gasteiger partial charge in [-0.05, 0) is 48.5 Å². The first kappa shape index (κ1) is 21.3. The zero-order chi connectivity index (χ0) is 23.7. The molecule has 2 aromatic carbocycles. The average Bonchev–Trinajstić information content (AvgIpc) is 3.33. The molecule has 8 nitrogen and oxygen atoms in total. The van der Waals surface area contributed by atoms with E-state index in [4.69, 9.17) is 4.74 Å². The first-order chi connectivity index (χ1) is 16.5. The van der Waals surface area contributed by atoms with Gasteiger partial charge < -0.3 is 19.9 Å². The summed E-state index contributed by atoms with van der Waals surface area (Å²) in [6, 6.07) is 11.8. The highest BCUT2D eigenvalue weighted by Crippen LogP contribution is 2.38. The molecule has 2 aromatic rings. The third-order valence-corrected chi connectivity index (χ3v) is 5.12. The summed E-state index contributed by atoms with van der Waals surface area (Å²) in [5, 5.41) is 5.89. The molecule has 0 saturated heterocycles. The van der Waals surface area contributed by atoms with Crippen molar-refractivity contribution in [3.8, 4) is 22.9 Å². The summed E-state index contributed by atoms with van der Waals surface area (Å²) < 4.78 is 35.0. The van der Waals surface area contributed by atoms with E-state index in [1.807, 2.05) is 4.57 Å². The van der Waals surface area contributed by atoms with Gasteiger partial charge in [-0.25, -0.2) is 18.8 Å². The maximum Gasteiger partial charge on any atom is 0.251 e. The van der Waals surface area contributed by atoms with Crippen LogP contribution in [-0.2, 0) is 11.3 Å². The normalized spacial score (nSPS) is 12.8. The van der Waals surface area contributed by atoms with E-state index < -0.39 is 11.6 Å². The summed E-state index contributed by atoms with van der Waals surface area (Å²) in [6.45, 7) is 4.67. The molecule has 0 bridgehead atoms. The van der Waals surface area contributed by atoms with Crippen molar-refractivity contribution in [2.75, 3.05) is 17.2 Å². The van der Waals surface area contributed by atoms with Crippen LogP contribution in [-0.4, -0.2) is 27.0 Å². The van der Waals surface area contributed by atoms with E-state index in [0.29, 0.717) is 47.4 Å². The number of rotatable bonds is 5. The smallest absolute Gasteiger partial charge is 0.251 e. The maximum absolute atomic E-state index is 14.1. The second-order valence-electron chi connectivity index (χ2n) is 7.41. The zero-order valence-electron chi connectivity index (χ0n) is 17.8. The molecule has 170 valence electrons. The van der Waals surface area contributed by atoms with Gasteiger partial charge in [-0.3, -0.25) is 4.79 Å². The monoisotopic (exact) mass is 460 g/mol. The predicted octanol–water partition coefficient (Wildman–Crippen LogP) is 4.24. The van der Waals surface area contributed by atoms with Crippen LogP contribution >= 0.6 is 0 Å². The molecule has 3 aliphatic rings. The second-order valence-corrected chi connectivity index (χ2v) is 7.41. The van der Waals surface area contributed by atoms with Crippen molar-refractivity contribution in [3.63, 3.8) is 0 Å². The molecule has 5 rings (SSSR count). The molecule has 0 aromatic heterocycles. The van der Waals surface area contributed by atoms with Crippen LogP contribution in [0.4, 0.5) is 26.0 Å². The van der Waals surface area contributed by atoms with Gasteiger partial charge in [0.2, 0.25) is 5.91 Å². The number of carbonyl (C=O) groups excluding carboxylic acids is 1. The third-order valence-electron chi connectivity index (χ3n) is 5.12. The van der Waals surface area contributed by atoms with Gasteiger partial charge in [-0.1, -0.05) is 6.58 Å². The standard InChI is InChI=1S/C24H18F2N6O2/c1-2-21(33)29-16-4-6-17(7-5-16)30-24-28-13-14-11-20(23-27-9-10-32(23)22(14)31-24)34-19-8-3-15(25)12-18(19)26/h2-8,11-13,27H,1,9-10H2,(H,29,33). The molecule has 34 heavy (non-hydrogen) atoms. The largest absolute Gasteiger partial charge is 0.450 e. The van der Waals surface area contributed by atoms with E-state index in [1.54, 1.807) is 36.5 Å². The number of nitrogens with one attached hydrogen (secondary N) is 2. The number of ether oxygens (including phenoxy) is 1. The highest BCUT2D eigenvalue weighted by Gasteiger charge is 2.23. The lowest BCUT2D eigenvalue weighted by molar-refractivity contribution is -0.111. The number of amides is 1. The van der Waals surface area contributed by atoms with Gasteiger partial charge in [-0.2, -0.15) is 4.98 Å². The van der Waals surface area contributed by atoms with Gasteiger partial charge in [0.1, 0.15) is 11.6 Å². The topological polar surface area (TPSA) is 93.4 Å². The SMILES string of the molecule is C=CC(=O)Nc1ccc(N=c2ncc3cc(Oc4ccc(F)cc4F)c4n(c-3n2)CCN4)cc1. The molecule has 0 saturated carbocycles. The Balaban J connectivity index is 1.49. The van der Waals surface area contributed by atoms with Crippen LogP contribution in [0.15, 0.2) is 72.4 Å². The Hall–Kier alpha value is -4.60. The van der Waals surface area contributed by atoms with Crippen LogP contribution in [0.5, 0.6) is 11.5 Å². The second kappa shape index (κ2) is 8.74. The van der Waals surface area contributed by atoms with Crippen LogP contribution in [0.2, 0.25) is 0 Å². The maximum atomic E-state index is 14.1. The Bertz CT molecular complexity index is 1450. The Kier molecular flexibility index (Phi) is 5.46. The number of pyridine rings is 1. The molecule has 0 radical (unpaired) electrons. The molecular formula is C24H18F2N6O2. The van der Waals surface area contributed by atoms with Crippen molar-refractivity contribution in [2.45, 2.75) is 6.54 Å². The van der Waals surface area contributed by atoms with Gasteiger partial charge in [-0.15, -0.1) is 0 Å². The Morgan fingerprint density at radius 3 is 2.76 bits per heavy atom. The van der Waals surface area contributed by atoms with Crippen molar-refractivity contribution in [3.05, 3.63) is 84.6 Å². The average molecular weight is 460 g/mol. The van der Waals surface area contributed by atoms with Crippen molar-refractivity contribution in [2.24, 2.45) is 4.99 Å². The molecule has 3 aliphatic heterocycles. The number of anilines is 2. The molecule has 3 heterocycles. The zero-order valence-corrected chi connectivity index (χ0v) is 17.8. The molecule has 0 unspecified atom stereocenters. The molecule has 1 amide bonds. The summed E-state index contributed by atoms with van der Waals surface area (Å²) in [5.74, 6) is -0.219. The van der Waals surface area contributed by atoms with Crippen molar-refractivity contribution < 1.29 is 18.3 Å². The summed E-state index contributed by atoms with van der Waals surface area (Å²) >= 11 is 0. The molecule has 0 aliphatic carbocycles. The minimum atomic E-state index is -0.794. The number of halogens is 2. The van der Waals surface area contributed by atoms with Gasteiger partial charge in [0.15, 0.2) is 23.1 Å². The van der Waals surface area contributed by atoms with Crippen LogP contribution in [0.25, 0.3) is 11.4 Å². The molecule has 2 N–H and O–H groups in total. The van der Waals surface area contributed by atoms with Gasteiger partial charge in [0.25, 0.3) is 5.62 Å². The molecule has 10 heteroatoms. The fourth-order valence-electron chi connectivity index (χ4n) is 3.56. The summed E-state index contributed by atoms with van der Waals surface area (Å²) in [6.07, 6.45) is 2.80. The fraction of sp³-hybridized carbons (Fsp3) is 0.0833. The quantitative estimate of drug-likeness (QED) is 0.435.